The molecule has 12 atom stereocenters. The van der Waals surface area contributed by atoms with E-state index in [0.29, 0.717) is 53.6 Å². The van der Waals surface area contributed by atoms with Gasteiger partial charge in [0.2, 0.25) is 0 Å². The van der Waals surface area contributed by atoms with Crippen LogP contribution in [0.4, 0.5) is 0 Å². The zero-order valence-electron chi connectivity index (χ0n) is 25.4. The van der Waals surface area contributed by atoms with Crippen molar-refractivity contribution in [1.29, 1.82) is 0 Å². The average molecular weight is 539 g/mol. The molecule has 5 aliphatic rings. The Balaban J connectivity index is 1.28. The molecule has 0 aliphatic heterocycles. The second-order valence-electron chi connectivity index (χ2n) is 15.4. The van der Waals surface area contributed by atoms with E-state index in [1.165, 1.54) is 25.7 Å². The Hall–Kier alpha value is -0.940. The van der Waals surface area contributed by atoms with E-state index in [-0.39, 0.29) is 17.4 Å². The van der Waals surface area contributed by atoms with Crippen molar-refractivity contribution in [3.05, 3.63) is 35.9 Å². The lowest BCUT2D eigenvalue weighted by atomic mass is 9.44. The Morgan fingerprint density at radius 2 is 1.67 bits per heavy atom. The van der Waals surface area contributed by atoms with Gasteiger partial charge in [0, 0.05) is 23.9 Å². The molecule has 0 aromatic heterocycles. The number of benzene rings is 1. The maximum Gasteiger partial charge on any atom is 0.101 e. The molecule has 0 radical (unpaired) electrons. The first-order chi connectivity index (χ1) is 18.5. The second kappa shape index (κ2) is 9.82. The van der Waals surface area contributed by atoms with Crippen LogP contribution in [0.2, 0.25) is 0 Å². The molecule has 1 aromatic rings. The molecule has 5 saturated carbocycles. The lowest BCUT2D eigenvalue weighted by Gasteiger charge is -2.62. The van der Waals surface area contributed by atoms with E-state index in [9.17, 15) is 10.2 Å². The van der Waals surface area contributed by atoms with Crippen LogP contribution in [0.1, 0.15) is 98.0 Å². The standard InChI is InChI=1S/C35H54O4/c1-22(2)12-13-29(39-21-24-10-8-7-9-11-24)23(3)35(37)30(36)19-28-26-18-31(38-6)34-20-25(34)14-16-32(34,4)27(26)15-17-33(28,35)5/h7-11,22-23,25-31,36-37H,12-21H2,1-6H3/t23-,25-,26-,27+,28+,29?,30+,31-,32-,33+,34+,35-/m1/s1. The van der Waals surface area contributed by atoms with Gasteiger partial charge in [-0.05, 0) is 98.4 Å². The number of hydrogen-bond donors (Lipinski definition) is 2. The Kier molecular flexibility index (Phi) is 7.10. The Morgan fingerprint density at radius 3 is 2.33 bits per heavy atom. The smallest absolute Gasteiger partial charge is 0.101 e. The molecular weight excluding hydrogens is 484 g/mol. The Morgan fingerprint density at radius 1 is 0.949 bits per heavy atom. The minimum absolute atomic E-state index is 0.0959. The predicted molar refractivity (Wildman–Crippen MR) is 155 cm³/mol. The van der Waals surface area contributed by atoms with Gasteiger partial charge in [0.1, 0.15) is 5.60 Å². The Bertz CT molecular complexity index is 1030. The molecule has 4 nitrogen and oxygen atoms in total. The number of ether oxygens (including phenoxy) is 2. The van der Waals surface area contributed by atoms with Crippen LogP contribution in [-0.4, -0.2) is 41.2 Å². The van der Waals surface area contributed by atoms with E-state index in [2.05, 4.69) is 58.9 Å². The van der Waals surface area contributed by atoms with Crippen molar-refractivity contribution < 1.29 is 19.7 Å². The summed E-state index contributed by atoms with van der Waals surface area (Å²) in [4.78, 5) is 0. The maximum atomic E-state index is 12.8. The van der Waals surface area contributed by atoms with Gasteiger partial charge in [-0.2, -0.15) is 0 Å². The summed E-state index contributed by atoms with van der Waals surface area (Å²) >= 11 is 0. The molecule has 1 unspecified atom stereocenters. The van der Waals surface area contributed by atoms with Crippen LogP contribution in [0.3, 0.4) is 0 Å². The van der Waals surface area contributed by atoms with Crippen LogP contribution in [0, 0.1) is 51.8 Å². The predicted octanol–water partition coefficient (Wildman–Crippen LogP) is 7.01. The largest absolute Gasteiger partial charge is 0.390 e. The van der Waals surface area contributed by atoms with Gasteiger partial charge < -0.3 is 19.7 Å². The van der Waals surface area contributed by atoms with Crippen LogP contribution in [0.15, 0.2) is 30.3 Å². The van der Waals surface area contributed by atoms with Crippen molar-refractivity contribution in [3.8, 4) is 0 Å². The number of aliphatic hydroxyl groups excluding tert-OH is 1. The van der Waals surface area contributed by atoms with Crippen LogP contribution < -0.4 is 0 Å². The highest BCUT2D eigenvalue weighted by Crippen LogP contribution is 2.82. The fourth-order valence-electron chi connectivity index (χ4n) is 11.5. The molecular formula is C35H54O4. The second-order valence-corrected chi connectivity index (χ2v) is 15.4. The van der Waals surface area contributed by atoms with E-state index >= 15 is 0 Å². The topological polar surface area (TPSA) is 58.9 Å². The summed E-state index contributed by atoms with van der Waals surface area (Å²) in [6.07, 6.45) is 9.50. The number of methoxy groups -OCH3 is 1. The molecule has 0 amide bonds. The highest BCUT2D eigenvalue weighted by Gasteiger charge is 2.79. The first-order valence-corrected chi connectivity index (χ1v) is 16.1. The number of fused-ring (bicyclic) bond motifs is 4. The van der Waals surface area contributed by atoms with Crippen molar-refractivity contribution in [3.63, 3.8) is 0 Å². The molecule has 0 bridgehead atoms. The van der Waals surface area contributed by atoms with Gasteiger partial charge in [0.15, 0.2) is 0 Å². The molecule has 5 fully saturated rings. The monoisotopic (exact) mass is 538 g/mol. The number of hydrogen-bond acceptors (Lipinski definition) is 4. The first-order valence-electron chi connectivity index (χ1n) is 16.1. The molecule has 1 spiro atoms. The van der Waals surface area contributed by atoms with Gasteiger partial charge in [-0.25, -0.2) is 0 Å². The molecule has 39 heavy (non-hydrogen) atoms. The lowest BCUT2D eigenvalue weighted by Crippen LogP contribution is -2.63. The lowest BCUT2D eigenvalue weighted by molar-refractivity contribution is -0.219. The van der Waals surface area contributed by atoms with Gasteiger partial charge in [0.25, 0.3) is 0 Å². The average Bonchev–Trinajstić information content (AvgIpc) is 3.52. The van der Waals surface area contributed by atoms with Gasteiger partial charge in [-0.1, -0.05) is 65.0 Å². The third-order valence-electron chi connectivity index (χ3n) is 13.7. The number of rotatable bonds is 9. The summed E-state index contributed by atoms with van der Waals surface area (Å²) in [7, 11) is 1.93. The van der Waals surface area contributed by atoms with Gasteiger partial charge in [-0.15, -0.1) is 0 Å². The van der Waals surface area contributed by atoms with Gasteiger partial charge in [-0.3, -0.25) is 0 Å². The van der Waals surface area contributed by atoms with Crippen LogP contribution in [-0.2, 0) is 16.1 Å². The van der Waals surface area contributed by atoms with Crippen molar-refractivity contribution in [2.24, 2.45) is 51.8 Å². The summed E-state index contributed by atoms with van der Waals surface area (Å²) in [6.45, 7) is 12.1. The fourth-order valence-corrected chi connectivity index (χ4v) is 11.5. The fraction of sp³-hybridized carbons (Fsp3) is 0.829. The summed E-state index contributed by atoms with van der Waals surface area (Å²) in [5.74, 6) is 2.80. The van der Waals surface area contributed by atoms with E-state index in [1.54, 1.807) is 0 Å². The van der Waals surface area contributed by atoms with E-state index in [0.717, 1.165) is 37.2 Å². The van der Waals surface area contributed by atoms with E-state index in [4.69, 9.17) is 9.47 Å². The molecule has 1 aromatic carbocycles. The molecule has 5 aliphatic carbocycles. The summed E-state index contributed by atoms with van der Waals surface area (Å²) in [5, 5.41) is 24.6. The Labute approximate surface area is 237 Å². The maximum absolute atomic E-state index is 12.8. The van der Waals surface area contributed by atoms with E-state index in [1.807, 2.05) is 13.2 Å². The summed E-state index contributed by atoms with van der Waals surface area (Å²) in [5.41, 5.74) is 0.424. The highest BCUT2D eigenvalue weighted by molar-refractivity contribution is 5.27. The van der Waals surface area contributed by atoms with Gasteiger partial charge >= 0.3 is 0 Å². The molecule has 0 heterocycles. The summed E-state index contributed by atoms with van der Waals surface area (Å²) in [6, 6.07) is 10.4. The highest BCUT2D eigenvalue weighted by atomic mass is 16.5. The van der Waals surface area contributed by atoms with Gasteiger partial charge in [0.05, 0.1) is 24.9 Å². The first kappa shape index (κ1) is 28.2. The molecule has 218 valence electrons. The van der Waals surface area contributed by atoms with Crippen LogP contribution in [0.25, 0.3) is 0 Å². The molecule has 4 heteroatoms. The minimum atomic E-state index is -1.16. The third kappa shape index (κ3) is 3.90. The zero-order valence-corrected chi connectivity index (χ0v) is 25.4. The number of aliphatic hydroxyl groups is 2. The van der Waals surface area contributed by atoms with Crippen LogP contribution >= 0.6 is 0 Å². The van der Waals surface area contributed by atoms with Crippen LogP contribution in [0.5, 0.6) is 0 Å². The minimum Gasteiger partial charge on any atom is -0.390 e. The van der Waals surface area contributed by atoms with Crippen molar-refractivity contribution in [1.82, 2.24) is 0 Å². The van der Waals surface area contributed by atoms with Crippen molar-refractivity contribution >= 4 is 0 Å². The normalized spacial score (nSPS) is 47.7. The molecule has 0 saturated heterocycles. The zero-order chi connectivity index (χ0) is 27.8. The van der Waals surface area contributed by atoms with Crippen molar-refractivity contribution in [2.45, 2.75) is 123 Å². The van der Waals surface area contributed by atoms with Crippen molar-refractivity contribution in [2.75, 3.05) is 7.11 Å². The quantitative estimate of drug-likeness (QED) is 0.355. The SMILES string of the molecule is CO[C@@H]1C[C@H]2[C@@H]3C[C@H](O)[C@](O)([C@H](C)C(CCC(C)C)OCc4ccccc4)[C@@]3(C)CC[C@@H]2[C@@]2(C)CC[C@@H]3C[C@]312. The molecule has 6 rings (SSSR count). The van der Waals surface area contributed by atoms with E-state index < -0.39 is 11.7 Å². The summed E-state index contributed by atoms with van der Waals surface area (Å²) < 4.78 is 12.9. The molecule has 2 N–H and O–H groups in total. The third-order valence-corrected chi connectivity index (χ3v) is 13.7.